The topological polar surface area (TPSA) is 29.3 Å². The van der Waals surface area contributed by atoms with Crippen molar-refractivity contribution in [3.63, 3.8) is 0 Å². The first-order valence-electron chi connectivity index (χ1n) is 7.35. The van der Waals surface area contributed by atoms with E-state index in [0.717, 1.165) is 18.5 Å². The third kappa shape index (κ3) is 3.42. The van der Waals surface area contributed by atoms with Crippen LogP contribution in [0, 0.1) is 5.82 Å². The SMILES string of the molecule is CCC(CN)(Cc1ccccc1)N(C)c1ccc(F)cc1. The largest absolute Gasteiger partial charge is 0.367 e. The van der Waals surface area contributed by atoms with Gasteiger partial charge in [0.25, 0.3) is 0 Å². The third-order valence-electron chi connectivity index (χ3n) is 4.34. The first-order valence-corrected chi connectivity index (χ1v) is 7.35. The Labute approximate surface area is 126 Å². The summed E-state index contributed by atoms with van der Waals surface area (Å²) in [6.07, 6.45) is 1.79. The minimum absolute atomic E-state index is 0.167. The molecule has 2 aromatic carbocycles. The number of hydrogen-bond donors (Lipinski definition) is 1. The molecule has 0 spiro atoms. The monoisotopic (exact) mass is 286 g/mol. The van der Waals surface area contributed by atoms with Crippen LogP contribution >= 0.6 is 0 Å². The zero-order valence-corrected chi connectivity index (χ0v) is 12.7. The van der Waals surface area contributed by atoms with Crippen molar-refractivity contribution < 1.29 is 4.39 Å². The molecule has 0 radical (unpaired) electrons. The quantitative estimate of drug-likeness (QED) is 0.879. The van der Waals surface area contributed by atoms with Gasteiger partial charge in [0.2, 0.25) is 0 Å². The van der Waals surface area contributed by atoms with Gasteiger partial charge in [0.05, 0.1) is 5.54 Å². The van der Waals surface area contributed by atoms with E-state index in [4.69, 9.17) is 5.73 Å². The Morgan fingerprint density at radius 2 is 1.67 bits per heavy atom. The van der Waals surface area contributed by atoms with Crippen LogP contribution in [0.15, 0.2) is 54.6 Å². The number of benzene rings is 2. The summed E-state index contributed by atoms with van der Waals surface area (Å²) in [7, 11) is 2.03. The van der Waals surface area contributed by atoms with Crippen molar-refractivity contribution in [1.82, 2.24) is 0 Å². The first-order chi connectivity index (χ1) is 10.1. The van der Waals surface area contributed by atoms with Crippen LogP contribution in [0.3, 0.4) is 0 Å². The van der Waals surface area contributed by atoms with Crippen LogP contribution in [0.4, 0.5) is 10.1 Å². The number of likely N-dealkylation sites (N-methyl/N-ethyl adjacent to an activating group) is 1. The lowest BCUT2D eigenvalue weighted by molar-refractivity contribution is 0.395. The van der Waals surface area contributed by atoms with Crippen LogP contribution in [0.1, 0.15) is 18.9 Å². The van der Waals surface area contributed by atoms with Gasteiger partial charge in [-0.05, 0) is 42.7 Å². The fourth-order valence-corrected chi connectivity index (χ4v) is 2.75. The zero-order valence-electron chi connectivity index (χ0n) is 12.7. The molecule has 112 valence electrons. The van der Waals surface area contributed by atoms with Gasteiger partial charge < -0.3 is 10.6 Å². The predicted molar refractivity (Wildman–Crippen MR) is 87.0 cm³/mol. The van der Waals surface area contributed by atoms with Gasteiger partial charge in [-0.15, -0.1) is 0 Å². The molecule has 21 heavy (non-hydrogen) atoms. The van der Waals surface area contributed by atoms with Crippen molar-refractivity contribution in [2.45, 2.75) is 25.3 Å². The van der Waals surface area contributed by atoms with E-state index in [-0.39, 0.29) is 11.4 Å². The number of rotatable bonds is 6. The fourth-order valence-electron chi connectivity index (χ4n) is 2.75. The molecule has 0 aromatic heterocycles. The van der Waals surface area contributed by atoms with Crippen molar-refractivity contribution in [2.24, 2.45) is 5.73 Å². The van der Waals surface area contributed by atoms with Gasteiger partial charge in [-0.25, -0.2) is 4.39 Å². The molecule has 1 unspecified atom stereocenters. The van der Waals surface area contributed by atoms with Crippen molar-refractivity contribution >= 4 is 5.69 Å². The zero-order chi connectivity index (χ0) is 15.3. The third-order valence-corrected chi connectivity index (χ3v) is 4.34. The van der Waals surface area contributed by atoms with E-state index in [1.54, 1.807) is 12.1 Å². The number of nitrogens with two attached hydrogens (primary N) is 1. The Kier molecular flexibility index (Phi) is 4.97. The molecule has 3 heteroatoms. The minimum atomic E-state index is -0.218. The number of hydrogen-bond acceptors (Lipinski definition) is 2. The van der Waals surface area contributed by atoms with E-state index in [1.165, 1.54) is 17.7 Å². The Morgan fingerprint density at radius 3 is 2.19 bits per heavy atom. The van der Waals surface area contributed by atoms with E-state index in [2.05, 4.69) is 24.0 Å². The molecule has 0 amide bonds. The Hall–Kier alpha value is -1.87. The Balaban J connectivity index is 2.30. The molecule has 0 saturated carbocycles. The van der Waals surface area contributed by atoms with E-state index < -0.39 is 0 Å². The molecule has 0 heterocycles. The van der Waals surface area contributed by atoms with Gasteiger partial charge in [-0.3, -0.25) is 0 Å². The van der Waals surface area contributed by atoms with E-state index in [1.807, 2.05) is 25.2 Å². The average Bonchev–Trinajstić information content (AvgIpc) is 2.54. The van der Waals surface area contributed by atoms with Gasteiger partial charge in [0.15, 0.2) is 0 Å². The highest BCUT2D eigenvalue weighted by atomic mass is 19.1. The van der Waals surface area contributed by atoms with Crippen LogP contribution in [-0.4, -0.2) is 19.1 Å². The molecule has 0 aliphatic rings. The smallest absolute Gasteiger partial charge is 0.123 e. The van der Waals surface area contributed by atoms with Gasteiger partial charge >= 0.3 is 0 Å². The molecular formula is C18H23FN2. The Morgan fingerprint density at radius 1 is 1.05 bits per heavy atom. The van der Waals surface area contributed by atoms with Gasteiger partial charge in [0, 0.05) is 19.3 Å². The normalized spacial score (nSPS) is 13.7. The summed E-state index contributed by atoms with van der Waals surface area (Å²) in [5.74, 6) is -0.218. The second-order valence-electron chi connectivity index (χ2n) is 5.48. The van der Waals surface area contributed by atoms with Crippen LogP contribution in [-0.2, 0) is 6.42 Å². The highest BCUT2D eigenvalue weighted by Crippen LogP contribution is 2.28. The number of halogens is 1. The van der Waals surface area contributed by atoms with Crippen molar-refractivity contribution in [3.05, 3.63) is 66.0 Å². The summed E-state index contributed by atoms with van der Waals surface area (Å²) in [5.41, 5.74) is 8.20. The molecule has 0 aliphatic heterocycles. The van der Waals surface area contributed by atoms with Gasteiger partial charge in [-0.2, -0.15) is 0 Å². The van der Waals surface area contributed by atoms with E-state index in [9.17, 15) is 4.39 Å². The summed E-state index contributed by atoms with van der Waals surface area (Å²) in [5, 5.41) is 0. The maximum atomic E-state index is 13.1. The molecule has 0 aliphatic carbocycles. The Bertz CT molecular complexity index is 547. The maximum absolute atomic E-state index is 13.1. The standard InChI is InChI=1S/C18H23FN2/c1-3-18(14-20,13-15-7-5-4-6-8-15)21(2)17-11-9-16(19)10-12-17/h4-12H,3,13-14,20H2,1-2H3. The fraction of sp³-hybridized carbons (Fsp3) is 0.333. The summed E-state index contributed by atoms with van der Waals surface area (Å²) in [6, 6.07) is 17.0. The van der Waals surface area contributed by atoms with Crippen LogP contribution in [0.25, 0.3) is 0 Å². The van der Waals surface area contributed by atoms with E-state index >= 15 is 0 Å². The average molecular weight is 286 g/mol. The molecule has 1 atom stereocenters. The van der Waals surface area contributed by atoms with Crippen molar-refractivity contribution in [3.8, 4) is 0 Å². The van der Waals surface area contributed by atoms with Gasteiger partial charge in [0.1, 0.15) is 5.82 Å². The molecule has 0 saturated heterocycles. The summed E-state index contributed by atoms with van der Waals surface area (Å²) in [4.78, 5) is 2.18. The highest BCUT2D eigenvalue weighted by molar-refractivity contribution is 5.49. The van der Waals surface area contributed by atoms with Crippen LogP contribution in [0.2, 0.25) is 0 Å². The van der Waals surface area contributed by atoms with Gasteiger partial charge in [-0.1, -0.05) is 37.3 Å². The second-order valence-corrected chi connectivity index (χ2v) is 5.48. The van der Waals surface area contributed by atoms with Crippen molar-refractivity contribution in [1.29, 1.82) is 0 Å². The molecular weight excluding hydrogens is 263 g/mol. The lowest BCUT2D eigenvalue weighted by Gasteiger charge is -2.42. The van der Waals surface area contributed by atoms with Crippen LogP contribution < -0.4 is 10.6 Å². The molecule has 2 nitrogen and oxygen atoms in total. The lowest BCUT2D eigenvalue weighted by Crippen LogP contribution is -2.53. The molecule has 2 N–H and O–H groups in total. The molecule has 2 aromatic rings. The second kappa shape index (κ2) is 6.72. The summed E-state index contributed by atoms with van der Waals surface area (Å²) >= 11 is 0. The van der Waals surface area contributed by atoms with E-state index in [0.29, 0.717) is 6.54 Å². The minimum Gasteiger partial charge on any atom is -0.367 e. The molecule has 0 bridgehead atoms. The first kappa shape index (κ1) is 15.5. The summed E-state index contributed by atoms with van der Waals surface area (Å²) < 4.78 is 13.1. The lowest BCUT2D eigenvalue weighted by atomic mass is 9.86. The van der Waals surface area contributed by atoms with Crippen molar-refractivity contribution in [2.75, 3.05) is 18.5 Å². The molecule has 2 rings (SSSR count). The van der Waals surface area contributed by atoms with Crippen LogP contribution in [0.5, 0.6) is 0 Å². The maximum Gasteiger partial charge on any atom is 0.123 e. The number of nitrogens with zero attached hydrogens (tertiary/aromatic N) is 1. The predicted octanol–water partition coefficient (Wildman–Crippen LogP) is 3.61. The highest BCUT2D eigenvalue weighted by Gasteiger charge is 2.32. The number of anilines is 1. The summed E-state index contributed by atoms with van der Waals surface area (Å²) in [6.45, 7) is 2.70. The molecule has 0 fully saturated rings.